The van der Waals surface area contributed by atoms with E-state index in [9.17, 15) is 18.6 Å². The van der Waals surface area contributed by atoms with E-state index in [1.54, 1.807) is 4.90 Å². The van der Waals surface area contributed by atoms with E-state index in [4.69, 9.17) is 0 Å². The molecule has 2 aliphatic heterocycles. The number of allylic oxidation sites excluding steroid dienone is 1. The molecule has 1 saturated carbocycles. The lowest BCUT2D eigenvalue weighted by molar-refractivity contribution is -0.139. The van der Waals surface area contributed by atoms with Crippen LogP contribution in [0.5, 0.6) is 0 Å². The first-order valence-corrected chi connectivity index (χ1v) is 11.7. The summed E-state index contributed by atoms with van der Waals surface area (Å²) in [5, 5.41) is 2.85. The van der Waals surface area contributed by atoms with Crippen molar-refractivity contribution >= 4 is 28.7 Å². The van der Waals surface area contributed by atoms with Gasteiger partial charge in [0.1, 0.15) is 23.1 Å². The molecule has 3 aliphatic rings. The fraction of sp³-hybridized carbons (Fsp3) is 0.750. The van der Waals surface area contributed by atoms with Gasteiger partial charge < -0.3 is 10.2 Å². The fourth-order valence-electron chi connectivity index (χ4n) is 3.76. The molecule has 3 atom stereocenters. The van der Waals surface area contributed by atoms with Crippen LogP contribution < -0.4 is 10.0 Å². The Balaban J connectivity index is 1.69. The van der Waals surface area contributed by atoms with Crippen LogP contribution in [0, 0.1) is 0 Å². The molecule has 2 fully saturated rings. The lowest BCUT2D eigenvalue weighted by Crippen LogP contribution is -2.53. The predicted molar refractivity (Wildman–Crippen MR) is 107 cm³/mol. The summed E-state index contributed by atoms with van der Waals surface area (Å²) in [6.07, 6.45) is 12.8. The normalized spacial score (nSPS) is 29.8. The van der Waals surface area contributed by atoms with E-state index in [1.807, 2.05) is 12.2 Å². The van der Waals surface area contributed by atoms with Crippen molar-refractivity contribution in [2.45, 2.75) is 88.0 Å². The highest BCUT2D eigenvalue weighted by atomic mass is 32.2. The van der Waals surface area contributed by atoms with Crippen LogP contribution in [0.15, 0.2) is 12.2 Å². The standard InChI is InChI=1S/C20H31N3O4S/c24-18-11-7-5-3-1-2-4-6-9-16(19(25)22-28(27)15-12-13-15)21-20(26)17-10-8-14-23(17)18/h4,6,15-17H,1-3,5,7-14H2,(H,21,26)(H,22,25)/b6-4-. The van der Waals surface area contributed by atoms with Crippen molar-refractivity contribution in [3.63, 3.8) is 0 Å². The monoisotopic (exact) mass is 409 g/mol. The second kappa shape index (κ2) is 10.2. The third-order valence-electron chi connectivity index (χ3n) is 5.59. The van der Waals surface area contributed by atoms with Gasteiger partial charge in [0, 0.05) is 13.0 Å². The summed E-state index contributed by atoms with van der Waals surface area (Å²) in [5.74, 6) is -0.670. The van der Waals surface area contributed by atoms with Gasteiger partial charge in [0.05, 0.1) is 5.25 Å². The molecule has 3 unspecified atom stereocenters. The lowest BCUT2D eigenvalue weighted by atomic mass is 10.1. The van der Waals surface area contributed by atoms with E-state index in [2.05, 4.69) is 10.0 Å². The van der Waals surface area contributed by atoms with Gasteiger partial charge in [-0.15, -0.1) is 0 Å². The number of carbonyl (C=O) groups is 3. The summed E-state index contributed by atoms with van der Waals surface area (Å²) in [5.41, 5.74) is 0. The van der Waals surface area contributed by atoms with Crippen molar-refractivity contribution < 1.29 is 18.6 Å². The molecule has 7 nitrogen and oxygen atoms in total. The highest BCUT2D eigenvalue weighted by Crippen LogP contribution is 2.25. The summed E-state index contributed by atoms with van der Waals surface area (Å²) in [6.45, 7) is 0.597. The Morgan fingerprint density at radius 1 is 1.07 bits per heavy atom. The van der Waals surface area contributed by atoms with Gasteiger partial charge in [-0.3, -0.25) is 19.1 Å². The number of fused-ring (bicyclic) bond motifs is 1. The molecule has 0 aromatic rings. The molecule has 2 heterocycles. The van der Waals surface area contributed by atoms with Gasteiger partial charge in [0.2, 0.25) is 11.8 Å². The second-order valence-electron chi connectivity index (χ2n) is 7.93. The van der Waals surface area contributed by atoms with Crippen LogP contribution in [0.2, 0.25) is 0 Å². The quantitative estimate of drug-likeness (QED) is 0.694. The summed E-state index contributed by atoms with van der Waals surface area (Å²) in [7, 11) is -1.39. The average Bonchev–Trinajstić information content (AvgIpc) is 3.41. The molecule has 1 saturated heterocycles. The van der Waals surface area contributed by atoms with Crippen molar-refractivity contribution in [3.05, 3.63) is 12.2 Å². The number of nitrogens with one attached hydrogen (secondary N) is 2. The maximum absolute atomic E-state index is 12.8. The SMILES string of the molecule is O=C(NS(=O)C1CC1)C1C/C=C\CCCCCCC(=O)N2CCCC2C(=O)N1. The van der Waals surface area contributed by atoms with Crippen LogP contribution >= 0.6 is 0 Å². The Labute approximate surface area is 169 Å². The van der Waals surface area contributed by atoms with Gasteiger partial charge in [0.25, 0.3) is 5.91 Å². The number of hydrogen-bond donors (Lipinski definition) is 2. The largest absolute Gasteiger partial charge is 0.342 e. The van der Waals surface area contributed by atoms with Crippen LogP contribution in [0.3, 0.4) is 0 Å². The molecule has 0 aromatic carbocycles. The Morgan fingerprint density at radius 2 is 1.86 bits per heavy atom. The Bertz CT molecular complexity index is 647. The van der Waals surface area contributed by atoms with Crippen LogP contribution in [-0.4, -0.2) is 50.7 Å². The van der Waals surface area contributed by atoms with E-state index in [1.165, 1.54) is 0 Å². The van der Waals surface area contributed by atoms with E-state index in [-0.39, 0.29) is 17.1 Å². The number of rotatable bonds is 3. The molecule has 28 heavy (non-hydrogen) atoms. The molecular weight excluding hydrogens is 378 g/mol. The number of hydrogen-bond acceptors (Lipinski definition) is 4. The van der Waals surface area contributed by atoms with Crippen molar-refractivity contribution in [1.82, 2.24) is 14.9 Å². The fourth-order valence-corrected chi connectivity index (χ4v) is 4.83. The minimum atomic E-state index is -1.39. The van der Waals surface area contributed by atoms with E-state index in [0.29, 0.717) is 25.8 Å². The van der Waals surface area contributed by atoms with Crippen molar-refractivity contribution in [2.24, 2.45) is 0 Å². The molecule has 1 aliphatic carbocycles. The summed E-state index contributed by atoms with van der Waals surface area (Å²) in [4.78, 5) is 39.7. The summed E-state index contributed by atoms with van der Waals surface area (Å²) < 4.78 is 14.6. The minimum absolute atomic E-state index is 0.0292. The van der Waals surface area contributed by atoms with Crippen molar-refractivity contribution in [3.8, 4) is 0 Å². The molecular formula is C20H31N3O4S. The Hall–Kier alpha value is -1.70. The molecule has 8 heteroatoms. The highest BCUT2D eigenvalue weighted by Gasteiger charge is 2.36. The number of amides is 3. The first kappa shape index (κ1) is 21.0. The third kappa shape index (κ3) is 5.90. The number of nitrogens with zero attached hydrogens (tertiary/aromatic N) is 1. The molecule has 3 amide bonds. The molecule has 0 aromatic heterocycles. The van der Waals surface area contributed by atoms with Crippen LogP contribution in [0.1, 0.15) is 70.6 Å². The van der Waals surface area contributed by atoms with Crippen LogP contribution in [0.25, 0.3) is 0 Å². The maximum Gasteiger partial charge on any atom is 0.254 e. The number of carbonyl (C=O) groups excluding carboxylic acids is 3. The van der Waals surface area contributed by atoms with Crippen molar-refractivity contribution in [1.29, 1.82) is 0 Å². The molecule has 0 radical (unpaired) electrons. The molecule has 0 spiro atoms. The maximum atomic E-state index is 12.8. The smallest absolute Gasteiger partial charge is 0.254 e. The summed E-state index contributed by atoms with van der Waals surface area (Å²) >= 11 is 0. The third-order valence-corrected chi connectivity index (χ3v) is 7.07. The highest BCUT2D eigenvalue weighted by molar-refractivity contribution is 7.84. The van der Waals surface area contributed by atoms with Gasteiger partial charge in [-0.1, -0.05) is 25.0 Å². The molecule has 2 N–H and O–H groups in total. The molecule has 3 rings (SSSR count). The first-order chi connectivity index (χ1) is 13.6. The Kier molecular flexibility index (Phi) is 7.65. The van der Waals surface area contributed by atoms with Crippen LogP contribution in [-0.2, 0) is 25.4 Å². The van der Waals surface area contributed by atoms with Gasteiger partial charge in [-0.05, 0) is 51.4 Å². The summed E-state index contributed by atoms with van der Waals surface area (Å²) in [6, 6.07) is -1.28. The van der Waals surface area contributed by atoms with Gasteiger partial charge in [-0.2, -0.15) is 0 Å². The van der Waals surface area contributed by atoms with E-state index in [0.717, 1.165) is 51.4 Å². The zero-order valence-electron chi connectivity index (χ0n) is 16.4. The van der Waals surface area contributed by atoms with Gasteiger partial charge in [0.15, 0.2) is 0 Å². The second-order valence-corrected chi connectivity index (χ2v) is 9.40. The predicted octanol–water partition coefficient (Wildman–Crippen LogP) is 1.70. The minimum Gasteiger partial charge on any atom is -0.342 e. The van der Waals surface area contributed by atoms with Gasteiger partial charge in [-0.25, -0.2) is 4.21 Å². The van der Waals surface area contributed by atoms with Crippen molar-refractivity contribution in [2.75, 3.05) is 6.54 Å². The van der Waals surface area contributed by atoms with E-state index >= 15 is 0 Å². The average molecular weight is 410 g/mol. The molecule has 156 valence electrons. The van der Waals surface area contributed by atoms with Crippen LogP contribution in [0.4, 0.5) is 0 Å². The zero-order chi connectivity index (χ0) is 19.9. The van der Waals surface area contributed by atoms with E-state index < -0.39 is 29.0 Å². The first-order valence-electron chi connectivity index (χ1n) is 10.5. The Morgan fingerprint density at radius 3 is 2.64 bits per heavy atom. The van der Waals surface area contributed by atoms with Gasteiger partial charge >= 0.3 is 0 Å². The lowest BCUT2D eigenvalue weighted by Gasteiger charge is -2.26. The topological polar surface area (TPSA) is 95.6 Å². The molecule has 0 bridgehead atoms. The zero-order valence-corrected chi connectivity index (χ0v) is 17.2.